The van der Waals surface area contributed by atoms with Crippen LogP contribution in [0.1, 0.15) is 12.0 Å². The molecule has 0 saturated heterocycles. The molecule has 2 N–H and O–H groups in total. The molecule has 0 bridgehead atoms. The predicted molar refractivity (Wildman–Crippen MR) is 66.3 cm³/mol. The van der Waals surface area contributed by atoms with Gasteiger partial charge in [0.15, 0.2) is 0 Å². The van der Waals surface area contributed by atoms with E-state index in [9.17, 15) is 0 Å². The van der Waals surface area contributed by atoms with Gasteiger partial charge in [-0.25, -0.2) is 0 Å². The molecule has 0 saturated carbocycles. The third-order valence-corrected chi connectivity index (χ3v) is 2.42. The maximum atomic E-state index is 8.56. The zero-order valence-electron chi connectivity index (χ0n) is 9.50. The Labute approximate surface area is 101 Å². The Morgan fingerprint density at radius 2 is 2.19 bits per heavy atom. The van der Waals surface area contributed by atoms with E-state index in [2.05, 4.69) is 5.32 Å². The normalized spacial score (nSPS) is 10.4. The van der Waals surface area contributed by atoms with Crippen LogP contribution in [0.5, 0.6) is 5.75 Å². The summed E-state index contributed by atoms with van der Waals surface area (Å²) < 4.78 is 5.61. The lowest BCUT2D eigenvalue weighted by molar-refractivity contribution is 0.281. The minimum atomic E-state index is 0.178. The summed E-state index contributed by atoms with van der Waals surface area (Å²) in [4.78, 5) is 0. The highest BCUT2D eigenvalue weighted by Crippen LogP contribution is 2.21. The highest BCUT2D eigenvalue weighted by Gasteiger charge is 1.99. The molecule has 0 amide bonds. The second-order valence-electron chi connectivity index (χ2n) is 3.59. The summed E-state index contributed by atoms with van der Waals surface area (Å²) in [6.45, 7) is 4.32. The van der Waals surface area contributed by atoms with Gasteiger partial charge in [-0.05, 0) is 43.7 Å². The minimum Gasteiger partial charge on any atom is -0.493 e. The molecule has 0 aliphatic carbocycles. The van der Waals surface area contributed by atoms with E-state index in [-0.39, 0.29) is 6.61 Å². The molecule has 0 aliphatic rings. The van der Waals surface area contributed by atoms with Crippen LogP contribution in [0.4, 0.5) is 0 Å². The predicted octanol–water partition coefficient (Wildman–Crippen LogP) is 2.00. The standard InChI is InChI=1S/C12H18ClNO2/c1-10-9-11(13)3-4-12(10)16-8-2-5-14-6-7-15/h3-4,9,14-15H,2,5-8H2,1H3. The molecular formula is C12H18ClNO2. The van der Waals surface area contributed by atoms with Crippen molar-refractivity contribution in [1.82, 2.24) is 5.32 Å². The first kappa shape index (κ1) is 13.3. The number of rotatable bonds is 7. The smallest absolute Gasteiger partial charge is 0.122 e. The van der Waals surface area contributed by atoms with Crippen LogP contribution in [0.25, 0.3) is 0 Å². The quantitative estimate of drug-likeness (QED) is 0.720. The van der Waals surface area contributed by atoms with Crippen molar-refractivity contribution in [3.8, 4) is 5.75 Å². The largest absolute Gasteiger partial charge is 0.493 e. The van der Waals surface area contributed by atoms with E-state index >= 15 is 0 Å². The zero-order valence-corrected chi connectivity index (χ0v) is 10.3. The maximum absolute atomic E-state index is 8.56. The molecule has 0 unspecified atom stereocenters. The van der Waals surface area contributed by atoms with Crippen LogP contribution in [0.2, 0.25) is 5.02 Å². The van der Waals surface area contributed by atoms with Crippen LogP contribution in [0.3, 0.4) is 0 Å². The molecule has 0 heterocycles. The van der Waals surface area contributed by atoms with Crippen molar-refractivity contribution in [3.05, 3.63) is 28.8 Å². The summed E-state index contributed by atoms with van der Waals surface area (Å²) in [7, 11) is 0. The second kappa shape index (κ2) is 7.49. The molecule has 1 aromatic carbocycles. The number of halogens is 1. The molecule has 0 spiro atoms. The lowest BCUT2D eigenvalue weighted by Crippen LogP contribution is -2.20. The summed E-state index contributed by atoms with van der Waals surface area (Å²) in [5, 5.41) is 12.4. The molecule has 0 aromatic heterocycles. The monoisotopic (exact) mass is 243 g/mol. The molecule has 90 valence electrons. The molecule has 4 heteroatoms. The molecule has 0 aliphatic heterocycles. The van der Waals surface area contributed by atoms with Gasteiger partial charge in [-0.15, -0.1) is 0 Å². The zero-order chi connectivity index (χ0) is 11.8. The lowest BCUT2D eigenvalue weighted by Gasteiger charge is -2.09. The van der Waals surface area contributed by atoms with Gasteiger partial charge < -0.3 is 15.2 Å². The van der Waals surface area contributed by atoms with Gasteiger partial charge >= 0.3 is 0 Å². The molecule has 16 heavy (non-hydrogen) atoms. The fraction of sp³-hybridized carbons (Fsp3) is 0.500. The van der Waals surface area contributed by atoms with E-state index in [1.165, 1.54) is 0 Å². The Balaban J connectivity index is 2.21. The molecular weight excluding hydrogens is 226 g/mol. The number of benzene rings is 1. The summed E-state index contributed by atoms with van der Waals surface area (Å²) in [6.07, 6.45) is 0.919. The molecule has 1 rings (SSSR count). The van der Waals surface area contributed by atoms with Gasteiger partial charge in [0.2, 0.25) is 0 Å². The highest BCUT2D eigenvalue weighted by molar-refractivity contribution is 6.30. The summed E-state index contributed by atoms with van der Waals surface area (Å²) in [5.41, 5.74) is 1.05. The Bertz CT molecular complexity index is 318. The van der Waals surface area contributed by atoms with E-state index < -0.39 is 0 Å². The van der Waals surface area contributed by atoms with Crippen molar-refractivity contribution in [2.75, 3.05) is 26.3 Å². The Morgan fingerprint density at radius 3 is 2.88 bits per heavy atom. The summed E-state index contributed by atoms with van der Waals surface area (Å²) in [5.74, 6) is 0.881. The second-order valence-corrected chi connectivity index (χ2v) is 4.02. The van der Waals surface area contributed by atoms with E-state index in [1.807, 2.05) is 25.1 Å². The van der Waals surface area contributed by atoms with Gasteiger partial charge in [0.05, 0.1) is 13.2 Å². The van der Waals surface area contributed by atoms with Crippen molar-refractivity contribution in [2.45, 2.75) is 13.3 Å². The van der Waals surface area contributed by atoms with E-state index in [4.69, 9.17) is 21.4 Å². The van der Waals surface area contributed by atoms with Gasteiger partial charge in [0, 0.05) is 11.6 Å². The summed E-state index contributed by atoms with van der Waals surface area (Å²) >= 11 is 5.85. The number of ether oxygens (including phenoxy) is 1. The van der Waals surface area contributed by atoms with Gasteiger partial charge in [-0.2, -0.15) is 0 Å². The number of aryl methyl sites for hydroxylation is 1. The van der Waals surface area contributed by atoms with Crippen LogP contribution >= 0.6 is 11.6 Å². The van der Waals surface area contributed by atoms with Crippen LogP contribution in [-0.4, -0.2) is 31.4 Å². The fourth-order valence-corrected chi connectivity index (χ4v) is 1.58. The number of nitrogens with one attached hydrogen (secondary N) is 1. The third-order valence-electron chi connectivity index (χ3n) is 2.18. The van der Waals surface area contributed by atoms with E-state index in [0.717, 1.165) is 29.3 Å². The van der Waals surface area contributed by atoms with Crippen molar-refractivity contribution in [3.63, 3.8) is 0 Å². The fourth-order valence-electron chi connectivity index (χ4n) is 1.36. The average Bonchev–Trinajstić information content (AvgIpc) is 2.26. The first-order valence-corrected chi connectivity index (χ1v) is 5.82. The van der Waals surface area contributed by atoms with Crippen LogP contribution < -0.4 is 10.1 Å². The first-order chi connectivity index (χ1) is 7.74. The Kier molecular flexibility index (Phi) is 6.23. The van der Waals surface area contributed by atoms with Gasteiger partial charge in [-0.3, -0.25) is 0 Å². The van der Waals surface area contributed by atoms with E-state index in [1.54, 1.807) is 0 Å². The maximum Gasteiger partial charge on any atom is 0.122 e. The molecule has 0 fully saturated rings. The summed E-state index contributed by atoms with van der Waals surface area (Å²) in [6, 6.07) is 5.60. The van der Waals surface area contributed by atoms with Gasteiger partial charge in [-0.1, -0.05) is 11.6 Å². The van der Waals surface area contributed by atoms with Crippen molar-refractivity contribution in [2.24, 2.45) is 0 Å². The van der Waals surface area contributed by atoms with Crippen molar-refractivity contribution < 1.29 is 9.84 Å². The lowest BCUT2D eigenvalue weighted by atomic mass is 10.2. The average molecular weight is 244 g/mol. The van der Waals surface area contributed by atoms with Crippen LogP contribution in [-0.2, 0) is 0 Å². The molecule has 0 radical (unpaired) electrons. The SMILES string of the molecule is Cc1cc(Cl)ccc1OCCCNCCO. The number of aliphatic hydroxyl groups excluding tert-OH is 1. The Hall–Kier alpha value is -0.770. The third kappa shape index (κ3) is 4.84. The highest BCUT2D eigenvalue weighted by atomic mass is 35.5. The van der Waals surface area contributed by atoms with E-state index in [0.29, 0.717) is 13.2 Å². The number of hydrogen-bond acceptors (Lipinski definition) is 3. The van der Waals surface area contributed by atoms with Crippen molar-refractivity contribution in [1.29, 1.82) is 0 Å². The number of hydrogen-bond donors (Lipinski definition) is 2. The first-order valence-electron chi connectivity index (χ1n) is 5.44. The minimum absolute atomic E-state index is 0.178. The van der Waals surface area contributed by atoms with Crippen LogP contribution in [0.15, 0.2) is 18.2 Å². The molecule has 3 nitrogen and oxygen atoms in total. The van der Waals surface area contributed by atoms with Gasteiger partial charge in [0.25, 0.3) is 0 Å². The number of aliphatic hydroxyl groups is 1. The molecule has 1 aromatic rings. The Morgan fingerprint density at radius 1 is 1.38 bits per heavy atom. The molecule has 0 atom stereocenters. The van der Waals surface area contributed by atoms with Crippen molar-refractivity contribution >= 4 is 11.6 Å². The van der Waals surface area contributed by atoms with Crippen LogP contribution in [0, 0.1) is 6.92 Å². The topological polar surface area (TPSA) is 41.5 Å². The van der Waals surface area contributed by atoms with Gasteiger partial charge in [0.1, 0.15) is 5.75 Å².